The highest BCUT2D eigenvalue weighted by molar-refractivity contribution is 7.53. The molecular weight excluding hydrogens is 506 g/mol. The predicted molar refractivity (Wildman–Crippen MR) is 141 cm³/mol. The van der Waals surface area contributed by atoms with Crippen LogP contribution in [0.15, 0.2) is 48.5 Å². The van der Waals surface area contributed by atoms with Gasteiger partial charge in [-0.1, -0.05) is 90.1 Å². The van der Waals surface area contributed by atoms with Crippen LogP contribution in [0.4, 0.5) is 0 Å². The molecule has 0 aliphatic heterocycles. The van der Waals surface area contributed by atoms with Crippen LogP contribution in [-0.4, -0.2) is 59.8 Å². The third kappa shape index (κ3) is 7.73. The molecule has 2 aromatic carbocycles. The lowest BCUT2D eigenvalue weighted by molar-refractivity contribution is -0.136. The normalized spacial score (nSPS) is 14.4. The Morgan fingerprint density at radius 2 is 1.11 bits per heavy atom. The minimum atomic E-state index is -2.61. The molecule has 0 aliphatic rings. The first-order chi connectivity index (χ1) is 16.5. The maximum absolute atomic E-state index is 12.2. The van der Waals surface area contributed by atoms with Crippen LogP contribution in [0.3, 0.4) is 0 Å². The molecule has 9 nitrogen and oxygen atoms in total. The number of hydrogen-bond acceptors (Lipinski definition) is 9. The van der Waals surface area contributed by atoms with E-state index in [-0.39, 0.29) is 10.8 Å². The van der Waals surface area contributed by atoms with Gasteiger partial charge < -0.3 is 40.0 Å². The van der Waals surface area contributed by atoms with E-state index in [4.69, 9.17) is 19.6 Å². The summed E-state index contributed by atoms with van der Waals surface area (Å²) in [4.78, 5) is 31.3. The molecule has 36 heavy (non-hydrogen) atoms. The van der Waals surface area contributed by atoms with Crippen LogP contribution in [0.1, 0.15) is 63.8 Å². The van der Waals surface area contributed by atoms with Gasteiger partial charge in [-0.2, -0.15) is 0 Å². The second-order valence-corrected chi connectivity index (χ2v) is 12.3. The minimum absolute atomic E-state index is 0.0780. The summed E-state index contributed by atoms with van der Waals surface area (Å²) in [6.07, 6.45) is 0. The highest BCUT2D eigenvalue weighted by atomic mass is 31.2. The summed E-state index contributed by atoms with van der Waals surface area (Å²) in [7, 11) is -5.22. The zero-order chi connectivity index (χ0) is 27.9. The Morgan fingerprint density at radius 1 is 0.639 bits per heavy atom. The molecule has 8 N–H and O–H groups in total. The molecule has 2 rings (SSSR count). The van der Waals surface area contributed by atoms with Gasteiger partial charge in [-0.25, -0.2) is 4.31 Å². The van der Waals surface area contributed by atoms with Crippen LogP contribution in [0.2, 0.25) is 0 Å². The van der Waals surface area contributed by atoms with Crippen molar-refractivity contribution in [3.8, 4) is 0 Å². The molecule has 2 aromatic rings. The van der Waals surface area contributed by atoms with E-state index in [0.717, 1.165) is 11.1 Å². The average molecular weight is 547 g/mol. The smallest absolute Gasteiger partial charge is 0.334 e. The lowest BCUT2D eigenvalue weighted by Gasteiger charge is -2.47. The van der Waals surface area contributed by atoms with Crippen molar-refractivity contribution in [3.63, 3.8) is 0 Å². The quantitative estimate of drug-likeness (QED) is 0.232. The molecule has 11 heteroatoms. The highest BCUT2D eigenvalue weighted by Gasteiger charge is 2.53. The predicted octanol–water partition coefficient (Wildman–Crippen LogP) is 2.91. The Bertz CT molecular complexity index is 923. The van der Waals surface area contributed by atoms with Crippen LogP contribution < -0.4 is 0 Å². The van der Waals surface area contributed by atoms with Crippen molar-refractivity contribution in [1.29, 1.82) is 0 Å². The van der Waals surface area contributed by atoms with Crippen molar-refractivity contribution in [2.24, 2.45) is 5.41 Å². The molecule has 0 heterocycles. The fourth-order valence-electron chi connectivity index (χ4n) is 3.93. The maximum Gasteiger partial charge on any atom is 0.334 e. The van der Waals surface area contributed by atoms with Gasteiger partial charge in [0.05, 0.1) is 25.2 Å². The SMILES string of the molecule is CC(C)(C)c1ccc(C(O)(c2ccccc2)C(CO)(CO)CO)c(C(C)(C)C)c1.OP(O)OP(O)O. The van der Waals surface area contributed by atoms with E-state index >= 15 is 0 Å². The number of benzene rings is 2. The van der Waals surface area contributed by atoms with Crippen molar-refractivity contribution >= 4 is 17.2 Å². The minimum Gasteiger partial charge on any atom is -0.395 e. The van der Waals surface area contributed by atoms with Crippen LogP contribution in [0.25, 0.3) is 0 Å². The number of aliphatic hydroxyl groups is 4. The van der Waals surface area contributed by atoms with Gasteiger partial charge in [0.25, 0.3) is 0 Å². The Balaban J connectivity index is 0.000000809. The highest BCUT2D eigenvalue weighted by Crippen LogP contribution is 2.48. The van der Waals surface area contributed by atoms with Crippen molar-refractivity contribution in [1.82, 2.24) is 0 Å². The molecule has 1 atom stereocenters. The third-order valence-electron chi connectivity index (χ3n) is 6.10. The molecule has 0 aromatic heterocycles. The van der Waals surface area contributed by atoms with Crippen molar-refractivity contribution < 1.29 is 44.3 Å². The summed E-state index contributed by atoms with van der Waals surface area (Å²) in [5.74, 6) is 0. The molecule has 0 fully saturated rings. The van der Waals surface area contributed by atoms with Crippen LogP contribution in [0, 0.1) is 5.41 Å². The van der Waals surface area contributed by atoms with Crippen LogP contribution in [0.5, 0.6) is 0 Å². The second-order valence-electron chi connectivity index (χ2n) is 10.7. The van der Waals surface area contributed by atoms with Gasteiger partial charge in [0.15, 0.2) is 0 Å². The lowest BCUT2D eigenvalue weighted by atomic mass is 9.62. The molecular formula is C25H40O9P2. The fraction of sp³-hybridized carbons (Fsp3) is 0.520. The van der Waals surface area contributed by atoms with E-state index in [1.54, 1.807) is 24.3 Å². The van der Waals surface area contributed by atoms with Crippen molar-refractivity contribution in [3.05, 3.63) is 70.8 Å². The molecule has 0 bridgehead atoms. The summed E-state index contributed by atoms with van der Waals surface area (Å²) in [5.41, 5.74) is -0.590. The fourth-order valence-corrected chi connectivity index (χ4v) is 4.45. The Morgan fingerprint density at radius 3 is 1.44 bits per heavy atom. The summed E-state index contributed by atoms with van der Waals surface area (Å²) in [6, 6.07) is 14.9. The monoisotopic (exact) mass is 546 g/mol. The molecule has 0 saturated heterocycles. The summed E-state index contributed by atoms with van der Waals surface area (Å²) in [6.45, 7) is 10.9. The van der Waals surface area contributed by atoms with Gasteiger partial charge >= 0.3 is 17.2 Å². The Hall–Kier alpha value is -1.06. The summed E-state index contributed by atoms with van der Waals surface area (Å²) in [5, 5.41) is 42.9. The van der Waals surface area contributed by atoms with Gasteiger partial charge in [0.1, 0.15) is 5.60 Å². The van der Waals surface area contributed by atoms with Gasteiger partial charge in [0.2, 0.25) is 0 Å². The van der Waals surface area contributed by atoms with E-state index in [1.165, 1.54) is 0 Å². The van der Waals surface area contributed by atoms with Gasteiger partial charge in [-0.15, -0.1) is 0 Å². The zero-order valence-corrected chi connectivity index (χ0v) is 23.4. The second kappa shape index (κ2) is 13.1. The van der Waals surface area contributed by atoms with E-state index in [0.29, 0.717) is 11.1 Å². The van der Waals surface area contributed by atoms with E-state index < -0.39 is 48.0 Å². The van der Waals surface area contributed by atoms with Gasteiger partial charge in [-0.3, -0.25) is 0 Å². The molecule has 0 radical (unpaired) electrons. The van der Waals surface area contributed by atoms with E-state index in [9.17, 15) is 20.4 Å². The molecule has 204 valence electrons. The number of aliphatic hydroxyl groups excluding tert-OH is 3. The van der Waals surface area contributed by atoms with Gasteiger partial charge in [-0.05, 0) is 33.1 Å². The standard InChI is InChI=1S/C25H36O4.H4O5P2/c1-22(2,3)19-12-13-20(21(14-19)23(4,5)6)25(29,18-10-8-7-9-11-18)24(15-26,16-27)17-28;1-6(2)5-7(3)4/h7-14,26-29H,15-17H2,1-6H3;1-4H. The topological polar surface area (TPSA) is 171 Å². The molecule has 0 saturated carbocycles. The van der Waals surface area contributed by atoms with Crippen molar-refractivity contribution in [2.45, 2.75) is 58.0 Å². The Kier molecular flexibility index (Phi) is 12.0. The van der Waals surface area contributed by atoms with Crippen LogP contribution in [-0.2, 0) is 20.7 Å². The third-order valence-corrected chi connectivity index (χ3v) is 7.26. The number of hydrogen-bond donors (Lipinski definition) is 8. The van der Waals surface area contributed by atoms with Gasteiger partial charge in [0, 0.05) is 0 Å². The molecule has 0 amide bonds. The maximum atomic E-state index is 12.2. The van der Waals surface area contributed by atoms with E-state index in [1.807, 2.05) is 18.2 Å². The Labute approximate surface area is 215 Å². The molecule has 0 spiro atoms. The largest absolute Gasteiger partial charge is 0.395 e. The van der Waals surface area contributed by atoms with Crippen LogP contribution >= 0.6 is 17.2 Å². The molecule has 1 unspecified atom stereocenters. The average Bonchev–Trinajstić information content (AvgIpc) is 2.79. The first-order valence-corrected chi connectivity index (χ1v) is 13.6. The first-order valence-electron chi connectivity index (χ1n) is 11.3. The summed E-state index contributed by atoms with van der Waals surface area (Å²) < 4.78 is 3.60. The summed E-state index contributed by atoms with van der Waals surface area (Å²) >= 11 is 0. The van der Waals surface area contributed by atoms with Crippen molar-refractivity contribution in [2.75, 3.05) is 19.8 Å². The van der Waals surface area contributed by atoms with E-state index in [2.05, 4.69) is 51.9 Å². The first kappa shape index (κ1) is 33.0. The zero-order valence-electron chi connectivity index (χ0n) is 21.6. The molecule has 0 aliphatic carbocycles. The number of rotatable bonds is 8. The lowest BCUT2D eigenvalue weighted by Crippen LogP contribution is -2.55.